The Kier molecular flexibility index (Phi) is 4.07. The summed E-state index contributed by atoms with van der Waals surface area (Å²) < 4.78 is 10.5. The number of fused-ring (bicyclic) bond motifs is 1. The Morgan fingerprint density at radius 1 is 1.38 bits per heavy atom. The van der Waals surface area contributed by atoms with E-state index in [0.29, 0.717) is 5.76 Å². The number of H-pyrrole nitrogens is 1. The molecule has 0 aliphatic rings. The maximum absolute atomic E-state index is 12.1. The van der Waals surface area contributed by atoms with E-state index >= 15 is 0 Å². The minimum absolute atomic E-state index is 0.0686. The largest absolute Gasteiger partial charge is 0.465 e. The number of hydrogen-bond donors (Lipinski definition) is 2. The van der Waals surface area contributed by atoms with Crippen molar-refractivity contribution in [3.05, 3.63) is 53.2 Å². The SMILES string of the molecule is CNC(=O)c1cc(C(=O)OC)c(C(C)c2ccnc3[nH]ccc23)o1. The molecule has 1 amide bonds. The number of hydrogen-bond acceptors (Lipinski definition) is 5. The highest BCUT2D eigenvalue weighted by atomic mass is 16.5. The van der Waals surface area contributed by atoms with E-state index in [0.717, 1.165) is 16.6 Å². The number of nitrogens with one attached hydrogen (secondary N) is 2. The smallest absolute Gasteiger partial charge is 0.341 e. The quantitative estimate of drug-likeness (QED) is 0.717. The van der Waals surface area contributed by atoms with Crippen LogP contribution in [0.1, 0.15) is 45.1 Å². The first-order valence-corrected chi connectivity index (χ1v) is 7.43. The molecule has 0 saturated heterocycles. The Morgan fingerprint density at radius 3 is 2.88 bits per heavy atom. The molecule has 1 atom stereocenters. The lowest BCUT2D eigenvalue weighted by Gasteiger charge is -2.12. The van der Waals surface area contributed by atoms with Crippen LogP contribution < -0.4 is 5.32 Å². The molecule has 0 fully saturated rings. The van der Waals surface area contributed by atoms with Gasteiger partial charge < -0.3 is 19.5 Å². The summed E-state index contributed by atoms with van der Waals surface area (Å²) in [7, 11) is 2.79. The third-order valence-corrected chi connectivity index (χ3v) is 3.97. The molecule has 0 aliphatic carbocycles. The molecule has 0 spiro atoms. The minimum atomic E-state index is -0.546. The van der Waals surface area contributed by atoms with Crippen LogP contribution in [0, 0.1) is 0 Å². The molecule has 7 nitrogen and oxygen atoms in total. The zero-order valence-corrected chi connectivity index (χ0v) is 13.5. The maximum atomic E-state index is 12.1. The second-order valence-corrected chi connectivity index (χ2v) is 5.32. The molecule has 0 radical (unpaired) electrons. The number of rotatable bonds is 4. The van der Waals surface area contributed by atoms with Crippen LogP contribution in [0.4, 0.5) is 0 Å². The zero-order valence-electron chi connectivity index (χ0n) is 13.5. The number of pyridine rings is 1. The molecule has 124 valence electrons. The molecule has 3 aromatic heterocycles. The number of nitrogens with zero attached hydrogens (tertiary/aromatic N) is 1. The second-order valence-electron chi connectivity index (χ2n) is 5.32. The third kappa shape index (κ3) is 2.54. The van der Waals surface area contributed by atoms with Crippen molar-refractivity contribution < 1.29 is 18.7 Å². The molecule has 7 heteroatoms. The van der Waals surface area contributed by atoms with Gasteiger partial charge in [-0.05, 0) is 17.7 Å². The number of carbonyl (C=O) groups is 2. The van der Waals surface area contributed by atoms with E-state index in [4.69, 9.17) is 9.15 Å². The number of methoxy groups -OCH3 is 1. The Hall–Kier alpha value is -3.09. The van der Waals surface area contributed by atoms with E-state index in [2.05, 4.69) is 15.3 Å². The van der Waals surface area contributed by atoms with Gasteiger partial charge in [-0.1, -0.05) is 6.92 Å². The summed E-state index contributed by atoms with van der Waals surface area (Å²) in [4.78, 5) is 31.2. The van der Waals surface area contributed by atoms with E-state index < -0.39 is 11.9 Å². The van der Waals surface area contributed by atoms with Crippen molar-refractivity contribution in [1.29, 1.82) is 0 Å². The summed E-state index contributed by atoms with van der Waals surface area (Å²) in [6.07, 6.45) is 3.48. The Bertz CT molecular complexity index is 910. The molecule has 0 aliphatic heterocycles. The topological polar surface area (TPSA) is 97.2 Å². The van der Waals surface area contributed by atoms with Gasteiger partial charge in [0, 0.05) is 36.8 Å². The van der Waals surface area contributed by atoms with Gasteiger partial charge in [-0.3, -0.25) is 4.79 Å². The van der Waals surface area contributed by atoms with Crippen molar-refractivity contribution in [3.8, 4) is 0 Å². The van der Waals surface area contributed by atoms with Gasteiger partial charge >= 0.3 is 5.97 Å². The maximum Gasteiger partial charge on any atom is 0.341 e. The lowest BCUT2D eigenvalue weighted by Crippen LogP contribution is -2.16. The number of amides is 1. The Labute approximate surface area is 138 Å². The highest BCUT2D eigenvalue weighted by Gasteiger charge is 2.27. The fraction of sp³-hybridized carbons (Fsp3) is 0.235. The van der Waals surface area contributed by atoms with Crippen LogP contribution in [0.15, 0.2) is 35.0 Å². The normalized spacial score (nSPS) is 12.1. The number of aromatic amines is 1. The van der Waals surface area contributed by atoms with Crippen molar-refractivity contribution in [2.24, 2.45) is 0 Å². The molecule has 0 bridgehead atoms. The Balaban J connectivity index is 2.13. The van der Waals surface area contributed by atoms with Crippen LogP contribution in [-0.4, -0.2) is 36.0 Å². The van der Waals surface area contributed by atoms with Crippen LogP contribution in [0.25, 0.3) is 11.0 Å². The number of ether oxygens (including phenoxy) is 1. The predicted molar refractivity (Wildman–Crippen MR) is 87.0 cm³/mol. The van der Waals surface area contributed by atoms with Crippen molar-refractivity contribution in [2.45, 2.75) is 12.8 Å². The van der Waals surface area contributed by atoms with Crippen molar-refractivity contribution in [3.63, 3.8) is 0 Å². The van der Waals surface area contributed by atoms with Gasteiger partial charge in [0.05, 0.1) is 7.11 Å². The molecule has 3 heterocycles. The van der Waals surface area contributed by atoms with Gasteiger partial charge in [0.15, 0.2) is 5.76 Å². The van der Waals surface area contributed by atoms with Crippen LogP contribution in [0.5, 0.6) is 0 Å². The van der Waals surface area contributed by atoms with Crippen molar-refractivity contribution >= 4 is 22.9 Å². The first-order chi connectivity index (χ1) is 11.6. The first-order valence-electron chi connectivity index (χ1n) is 7.43. The zero-order chi connectivity index (χ0) is 17.3. The molecule has 1 unspecified atom stereocenters. The summed E-state index contributed by atoms with van der Waals surface area (Å²) in [5.41, 5.74) is 1.92. The average molecular weight is 327 g/mol. The number of furan rings is 1. The molecular weight excluding hydrogens is 310 g/mol. The third-order valence-electron chi connectivity index (χ3n) is 3.97. The first kappa shape index (κ1) is 15.8. The monoisotopic (exact) mass is 327 g/mol. The van der Waals surface area contributed by atoms with Gasteiger partial charge in [-0.15, -0.1) is 0 Å². The molecule has 0 saturated carbocycles. The fourth-order valence-corrected chi connectivity index (χ4v) is 2.73. The highest BCUT2D eigenvalue weighted by Crippen LogP contribution is 2.33. The van der Waals surface area contributed by atoms with Gasteiger partial charge in [0.2, 0.25) is 0 Å². The molecular formula is C17H17N3O4. The minimum Gasteiger partial charge on any atom is -0.465 e. The molecule has 0 aromatic carbocycles. The van der Waals surface area contributed by atoms with Crippen molar-refractivity contribution in [1.82, 2.24) is 15.3 Å². The van der Waals surface area contributed by atoms with Gasteiger partial charge in [0.1, 0.15) is 17.0 Å². The number of esters is 1. The van der Waals surface area contributed by atoms with E-state index in [9.17, 15) is 9.59 Å². The lowest BCUT2D eigenvalue weighted by atomic mass is 9.94. The molecule has 3 aromatic rings. The summed E-state index contributed by atoms with van der Waals surface area (Å²) in [5.74, 6) is -0.762. The predicted octanol–water partition coefficient (Wildman–Crippen LogP) is 2.45. The average Bonchev–Trinajstić information content (AvgIpc) is 3.26. The number of aromatic nitrogens is 2. The Morgan fingerprint density at radius 2 is 2.17 bits per heavy atom. The highest BCUT2D eigenvalue weighted by molar-refractivity contribution is 5.97. The molecule has 24 heavy (non-hydrogen) atoms. The molecule has 3 rings (SSSR count). The van der Waals surface area contributed by atoms with Crippen LogP contribution in [0.3, 0.4) is 0 Å². The summed E-state index contributed by atoms with van der Waals surface area (Å²) in [6.45, 7) is 1.90. The number of carbonyl (C=O) groups excluding carboxylic acids is 2. The van der Waals surface area contributed by atoms with E-state index in [1.165, 1.54) is 20.2 Å². The van der Waals surface area contributed by atoms with Gasteiger partial charge in [-0.2, -0.15) is 0 Å². The van der Waals surface area contributed by atoms with Crippen LogP contribution in [-0.2, 0) is 4.74 Å². The second kappa shape index (κ2) is 6.19. The van der Waals surface area contributed by atoms with E-state index in [-0.39, 0.29) is 17.2 Å². The van der Waals surface area contributed by atoms with Crippen LogP contribution >= 0.6 is 0 Å². The van der Waals surface area contributed by atoms with Crippen molar-refractivity contribution in [2.75, 3.05) is 14.2 Å². The van der Waals surface area contributed by atoms with Gasteiger partial charge in [-0.25, -0.2) is 9.78 Å². The standard InChI is InChI=1S/C17H17N3O4/c1-9(10-4-6-19-15-11(10)5-7-20-15)14-12(17(22)23-3)8-13(24-14)16(21)18-2/h4-9H,1-3H3,(H,18,21)(H,19,20). The van der Waals surface area contributed by atoms with E-state index in [1.54, 1.807) is 12.4 Å². The summed E-state index contributed by atoms with van der Waals surface area (Å²) >= 11 is 0. The van der Waals surface area contributed by atoms with E-state index in [1.807, 2.05) is 19.1 Å². The summed E-state index contributed by atoms with van der Waals surface area (Å²) in [6, 6.07) is 5.19. The van der Waals surface area contributed by atoms with Gasteiger partial charge in [0.25, 0.3) is 5.91 Å². The lowest BCUT2D eigenvalue weighted by molar-refractivity contribution is 0.0597. The van der Waals surface area contributed by atoms with Crippen LogP contribution in [0.2, 0.25) is 0 Å². The molecule has 2 N–H and O–H groups in total. The summed E-state index contributed by atoms with van der Waals surface area (Å²) in [5, 5.41) is 3.41. The fourth-order valence-electron chi connectivity index (χ4n) is 2.73.